The largest absolute Gasteiger partial charge is 0.309 e. The molecule has 0 atom stereocenters. The Bertz CT molecular complexity index is 2440. The molecular formula is C40H26N2. The first-order valence-corrected chi connectivity index (χ1v) is 14.5. The Morgan fingerprint density at radius 3 is 1.76 bits per heavy atom. The summed E-state index contributed by atoms with van der Waals surface area (Å²) in [4.78, 5) is 0. The van der Waals surface area contributed by atoms with Crippen molar-refractivity contribution in [2.75, 3.05) is 0 Å². The quantitative estimate of drug-likeness (QED) is 0.213. The average molecular weight is 535 g/mol. The van der Waals surface area contributed by atoms with E-state index in [4.69, 9.17) is 0 Å². The molecule has 0 saturated heterocycles. The molecule has 7 aromatic carbocycles. The molecule has 0 spiro atoms. The predicted molar refractivity (Wildman–Crippen MR) is 178 cm³/mol. The van der Waals surface area contributed by atoms with Gasteiger partial charge in [-0.1, -0.05) is 115 Å². The molecule has 42 heavy (non-hydrogen) atoms. The van der Waals surface area contributed by atoms with Gasteiger partial charge in [-0.3, -0.25) is 0 Å². The van der Waals surface area contributed by atoms with Crippen molar-refractivity contribution in [1.29, 1.82) is 0 Å². The van der Waals surface area contributed by atoms with E-state index in [1.165, 1.54) is 71.2 Å². The van der Waals surface area contributed by atoms with Gasteiger partial charge in [-0.2, -0.15) is 0 Å². The fourth-order valence-corrected chi connectivity index (χ4v) is 6.80. The van der Waals surface area contributed by atoms with Gasteiger partial charge in [-0.25, -0.2) is 0 Å². The van der Waals surface area contributed by atoms with Crippen molar-refractivity contribution in [2.24, 2.45) is 0 Å². The van der Waals surface area contributed by atoms with Gasteiger partial charge >= 0.3 is 0 Å². The van der Waals surface area contributed by atoms with E-state index in [1.807, 2.05) is 0 Å². The zero-order valence-corrected chi connectivity index (χ0v) is 22.9. The standard InChI is InChI=1S/C40H26N2/c1-2-10-27(11-3-1)29-18-21-31(22-19-29)42-36-16-8-6-14-33(36)34-24-25-38-39(40(34)42)35-15-7-9-17-37(35)41(38)32-23-20-28-12-4-5-13-30(28)26-32/h1-26H. The monoisotopic (exact) mass is 534 g/mol. The van der Waals surface area contributed by atoms with Crippen LogP contribution in [-0.4, -0.2) is 9.13 Å². The maximum Gasteiger partial charge on any atom is 0.0641 e. The third-order valence-corrected chi connectivity index (χ3v) is 8.69. The number of aromatic nitrogens is 2. The Kier molecular flexibility index (Phi) is 4.93. The minimum Gasteiger partial charge on any atom is -0.309 e. The fraction of sp³-hybridized carbons (Fsp3) is 0. The number of fused-ring (bicyclic) bond motifs is 8. The number of hydrogen-bond donors (Lipinski definition) is 0. The summed E-state index contributed by atoms with van der Waals surface area (Å²) in [7, 11) is 0. The highest BCUT2D eigenvalue weighted by molar-refractivity contribution is 6.26. The topological polar surface area (TPSA) is 9.86 Å². The maximum absolute atomic E-state index is 2.46. The predicted octanol–water partition coefficient (Wildman–Crippen LogP) is 10.7. The summed E-state index contributed by atoms with van der Waals surface area (Å²) in [5.74, 6) is 0. The lowest BCUT2D eigenvalue weighted by molar-refractivity contribution is 1.18. The van der Waals surface area contributed by atoms with E-state index in [9.17, 15) is 0 Å². The van der Waals surface area contributed by atoms with Gasteiger partial charge in [0.25, 0.3) is 0 Å². The van der Waals surface area contributed by atoms with Crippen LogP contribution in [0, 0.1) is 0 Å². The molecule has 9 aromatic rings. The van der Waals surface area contributed by atoms with Gasteiger partial charge in [-0.05, 0) is 64.4 Å². The van der Waals surface area contributed by atoms with E-state index in [0.29, 0.717) is 0 Å². The third kappa shape index (κ3) is 3.33. The van der Waals surface area contributed by atoms with Crippen molar-refractivity contribution in [3.63, 3.8) is 0 Å². The molecule has 0 saturated carbocycles. The van der Waals surface area contributed by atoms with Crippen molar-refractivity contribution >= 4 is 54.4 Å². The van der Waals surface area contributed by atoms with Crippen LogP contribution in [0.1, 0.15) is 0 Å². The van der Waals surface area contributed by atoms with Crippen molar-refractivity contribution in [1.82, 2.24) is 9.13 Å². The van der Waals surface area contributed by atoms with Gasteiger partial charge < -0.3 is 9.13 Å². The highest BCUT2D eigenvalue weighted by Crippen LogP contribution is 2.42. The maximum atomic E-state index is 2.46. The summed E-state index contributed by atoms with van der Waals surface area (Å²) in [5, 5.41) is 7.57. The molecule has 0 aliphatic heterocycles. The smallest absolute Gasteiger partial charge is 0.0641 e. The van der Waals surface area contributed by atoms with Crippen LogP contribution >= 0.6 is 0 Å². The van der Waals surface area contributed by atoms with E-state index in [0.717, 1.165) is 5.69 Å². The van der Waals surface area contributed by atoms with Crippen LogP contribution in [-0.2, 0) is 0 Å². The first kappa shape index (κ1) is 23.1. The van der Waals surface area contributed by atoms with Crippen LogP contribution in [0.4, 0.5) is 0 Å². The fourth-order valence-electron chi connectivity index (χ4n) is 6.80. The van der Waals surface area contributed by atoms with Crippen LogP contribution in [0.2, 0.25) is 0 Å². The van der Waals surface area contributed by atoms with Crippen molar-refractivity contribution in [2.45, 2.75) is 0 Å². The van der Waals surface area contributed by atoms with Crippen LogP contribution in [0.5, 0.6) is 0 Å². The highest BCUT2D eigenvalue weighted by Gasteiger charge is 2.20. The summed E-state index contributed by atoms with van der Waals surface area (Å²) in [5.41, 5.74) is 9.68. The molecular weight excluding hydrogens is 508 g/mol. The number of hydrogen-bond acceptors (Lipinski definition) is 0. The molecule has 0 fully saturated rings. The van der Waals surface area contributed by atoms with Gasteiger partial charge in [0.05, 0.1) is 22.1 Å². The van der Waals surface area contributed by atoms with Crippen LogP contribution in [0.15, 0.2) is 158 Å². The molecule has 0 radical (unpaired) electrons. The average Bonchev–Trinajstić information content (AvgIpc) is 3.58. The summed E-state index contributed by atoms with van der Waals surface area (Å²) in [6.07, 6.45) is 0. The molecule has 0 amide bonds. The van der Waals surface area contributed by atoms with Gasteiger partial charge in [0.1, 0.15) is 0 Å². The molecule has 2 heterocycles. The minimum atomic E-state index is 1.16. The Morgan fingerprint density at radius 1 is 0.333 bits per heavy atom. The molecule has 2 nitrogen and oxygen atoms in total. The van der Waals surface area contributed by atoms with Crippen LogP contribution in [0.25, 0.3) is 76.9 Å². The molecule has 0 aliphatic rings. The summed E-state index contributed by atoms with van der Waals surface area (Å²) >= 11 is 0. The van der Waals surface area contributed by atoms with Crippen molar-refractivity contribution in [3.05, 3.63) is 158 Å². The first-order valence-electron chi connectivity index (χ1n) is 14.5. The van der Waals surface area contributed by atoms with E-state index >= 15 is 0 Å². The van der Waals surface area contributed by atoms with Gasteiger partial charge in [0.15, 0.2) is 0 Å². The van der Waals surface area contributed by atoms with Crippen LogP contribution in [0.3, 0.4) is 0 Å². The highest BCUT2D eigenvalue weighted by atomic mass is 15.0. The summed E-state index contributed by atoms with van der Waals surface area (Å²) < 4.78 is 4.88. The number of rotatable bonds is 3. The van der Waals surface area contributed by atoms with E-state index in [2.05, 4.69) is 167 Å². The molecule has 0 N–H and O–H groups in total. The van der Waals surface area contributed by atoms with Crippen LogP contribution < -0.4 is 0 Å². The third-order valence-electron chi connectivity index (χ3n) is 8.69. The number of benzene rings is 7. The Hall–Kier alpha value is -5.60. The van der Waals surface area contributed by atoms with Gasteiger partial charge in [-0.15, -0.1) is 0 Å². The SMILES string of the molecule is c1ccc(-c2ccc(-n3c4ccccc4c4ccc5c(c6ccccc6n5-c5ccc6ccccc6c5)c43)cc2)cc1. The molecule has 9 rings (SSSR count). The molecule has 0 aliphatic carbocycles. The van der Waals surface area contributed by atoms with E-state index < -0.39 is 0 Å². The van der Waals surface area contributed by atoms with Gasteiger partial charge in [0.2, 0.25) is 0 Å². The normalized spacial score (nSPS) is 11.8. The molecule has 0 bridgehead atoms. The zero-order valence-electron chi connectivity index (χ0n) is 22.9. The number of nitrogens with zero attached hydrogens (tertiary/aromatic N) is 2. The molecule has 2 heteroatoms. The van der Waals surface area contributed by atoms with Gasteiger partial charge in [0, 0.05) is 32.9 Å². The Balaban J connectivity index is 1.39. The Labute approximate surface area is 243 Å². The van der Waals surface area contributed by atoms with E-state index in [1.54, 1.807) is 0 Å². The lowest BCUT2D eigenvalue weighted by atomic mass is 10.1. The first-order chi connectivity index (χ1) is 20.8. The van der Waals surface area contributed by atoms with Crippen molar-refractivity contribution in [3.8, 4) is 22.5 Å². The summed E-state index contributed by atoms with van der Waals surface area (Å²) in [6, 6.07) is 57.2. The number of para-hydroxylation sites is 2. The molecule has 196 valence electrons. The van der Waals surface area contributed by atoms with E-state index in [-0.39, 0.29) is 0 Å². The minimum absolute atomic E-state index is 1.16. The second kappa shape index (κ2) is 8.95. The Morgan fingerprint density at radius 2 is 0.952 bits per heavy atom. The van der Waals surface area contributed by atoms with Crippen molar-refractivity contribution < 1.29 is 0 Å². The second-order valence-electron chi connectivity index (χ2n) is 11.0. The summed E-state index contributed by atoms with van der Waals surface area (Å²) in [6.45, 7) is 0. The molecule has 0 unspecified atom stereocenters. The lowest BCUT2D eigenvalue weighted by Crippen LogP contribution is -1.95. The zero-order chi connectivity index (χ0) is 27.6. The second-order valence-corrected chi connectivity index (χ2v) is 11.0. The lowest BCUT2D eigenvalue weighted by Gasteiger charge is -2.11. The molecule has 2 aromatic heterocycles.